The molecule has 1 atom stereocenters. The predicted octanol–water partition coefficient (Wildman–Crippen LogP) is 2.33. The monoisotopic (exact) mass is 246 g/mol. The Bertz CT molecular complexity index is 484. The molecule has 0 heterocycles. The summed E-state index contributed by atoms with van der Waals surface area (Å²) < 4.78 is 0. The number of hydrogen-bond donors (Lipinski definition) is 2. The van der Waals surface area contributed by atoms with E-state index in [0.717, 1.165) is 18.4 Å². The van der Waals surface area contributed by atoms with E-state index in [-0.39, 0.29) is 17.0 Å². The van der Waals surface area contributed by atoms with E-state index < -0.39 is 0 Å². The quantitative estimate of drug-likeness (QED) is 0.799. The molecule has 0 aromatic heterocycles. The van der Waals surface area contributed by atoms with Crippen molar-refractivity contribution in [1.29, 1.82) is 0 Å². The summed E-state index contributed by atoms with van der Waals surface area (Å²) in [7, 11) is 0. The van der Waals surface area contributed by atoms with Crippen LogP contribution < -0.4 is 11.1 Å². The molecule has 0 radical (unpaired) electrons. The lowest BCUT2D eigenvalue weighted by Gasteiger charge is -2.22. The van der Waals surface area contributed by atoms with Crippen molar-refractivity contribution in [1.82, 2.24) is 5.32 Å². The SMILES string of the molecule is CC(C)(C)NC(=O)c1ccc2c(c1)C(C)(N)CC2. The third kappa shape index (κ3) is 2.56. The van der Waals surface area contributed by atoms with Gasteiger partial charge in [0.25, 0.3) is 5.91 Å². The lowest BCUT2D eigenvalue weighted by atomic mass is 9.94. The van der Waals surface area contributed by atoms with E-state index in [9.17, 15) is 4.79 Å². The summed E-state index contributed by atoms with van der Waals surface area (Å²) in [6.45, 7) is 7.96. The molecule has 0 saturated heterocycles. The minimum absolute atomic E-state index is 0.0343. The fourth-order valence-corrected chi connectivity index (χ4v) is 2.41. The van der Waals surface area contributed by atoms with Crippen molar-refractivity contribution in [3.05, 3.63) is 34.9 Å². The third-order valence-electron chi connectivity index (χ3n) is 3.39. The van der Waals surface area contributed by atoms with Crippen LogP contribution in [0.3, 0.4) is 0 Å². The zero-order valence-electron chi connectivity index (χ0n) is 11.6. The van der Waals surface area contributed by atoms with Crippen LogP contribution in [-0.4, -0.2) is 11.4 Å². The average molecular weight is 246 g/mol. The van der Waals surface area contributed by atoms with Gasteiger partial charge in [0.2, 0.25) is 0 Å². The molecule has 1 aliphatic rings. The highest BCUT2D eigenvalue weighted by Crippen LogP contribution is 2.34. The maximum atomic E-state index is 12.1. The normalized spacial score (nSPS) is 22.7. The van der Waals surface area contributed by atoms with Gasteiger partial charge in [-0.2, -0.15) is 0 Å². The van der Waals surface area contributed by atoms with Gasteiger partial charge < -0.3 is 11.1 Å². The first-order valence-corrected chi connectivity index (χ1v) is 6.44. The molecule has 0 fully saturated rings. The van der Waals surface area contributed by atoms with Crippen molar-refractivity contribution in [2.75, 3.05) is 0 Å². The van der Waals surface area contributed by atoms with Gasteiger partial charge in [0.05, 0.1) is 0 Å². The van der Waals surface area contributed by atoms with Crippen LogP contribution >= 0.6 is 0 Å². The molecule has 1 aromatic rings. The first kappa shape index (κ1) is 13.1. The highest BCUT2D eigenvalue weighted by molar-refractivity contribution is 5.95. The minimum Gasteiger partial charge on any atom is -0.347 e. The Morgan fingerprint density at radius 1 is 1.39 bits per heavy atom. The lowest BCUT2D eigenvalue weighted by Crippen LogP contribution is -2.40. The number of rotatable bonds is 1. The number of hydrogen-bond acceptors (Lipinski definition) is 2. The first-order valence-electron chi connectivity index (χ1n) is 6.44. The van der Waals surface area contributed by atoms with Gasteiger partial charge >= 0.3 is 0 Å². The molecule has 1 amide bonds. The summed E-state index contributed by atoms with van der Waals surface area (Å²) in [4.78, 5) is 12.1. The Kier molecular flexibility index (Phi) is 2.98. The first-order chi connectivity index (χ1) is 8.19. The van der Waals surface area contributed by atoms with Gasteiger partial charge in [-0.15, -0.1) is 0 Å². The van der Waals surface area contributed by atoms with Gasteiger partial charge in [-0.3, -0.25) is 4.79 Å². The van der Waals surface area contributed by atoms with Crippen LogP contribution in [0.2, 0.25) is 0 Å². The van der Waals surface area contributed by atoms with Gasteiger partial charge in [-0.1, -0.05) is 6.07 Å². The van der Waals surface area contributed by atoms with E-state index in [2.05, 4.69) is 5.32 Å². The summed E-state index contributed by atoms with van der Waals surface area (Å²) in [6.07, 6.45) is 1.95. The van der Waals surface area contributed by atoms with Gasteiger partial charge in [-0.25, -0.2) is 0 Å². The Labute approximate surface area is 109 Å². The lowest BCUT2D eigenvalue weighted by molar-refractivity contribution is 0.0919. The molecule has 0 spiro atoms. The molecule has 3 nitrogen and oxygen atoms in total. The van der Waals surface area contributed by atoms with Crippen molar-refractivity contribution in [3.63, 3.8) is 0 Å². The van der Waals surface area contributed by atoms with Crippen LogP contribution in [0.4, 0.5) is 0 Å². The zero-order chi connectivity index (χ0) is 13.6. The second-order valence-corrected chi connectivity index (χ2v) is 6.49. The topological polar surface area (TPSA) is 55.1 Å². The molecule has 3 N–H and O–H groups in total. The number of nitrogens with one attached hydrogen (secondary N) is 1. The molecule has 18 heavy (non-hydrogen) atoms. The summed E-state index contributed by atoms with van der Waals surface area (Å²) in [5, 5.41) is 2.97. The zero-order valence-corrected chi connectivity index (χ0v) is 11.6. The van der Waals surface area contributed by atoms with E-state index in [1.807, 2.05) is 45.9 Å². The third-order valence-corrected chi connectivity index (χ3v) is 3.39. The second kappa shape index (κ2) is 4.09. The number of fused-ring (bicyclic) bond motifs is 1. The highest BCUT2D eigenvalue weighted by Gasteiger charge is 2.31. The summed E-state index contributed by atoms with van der Waals surface area (Å²) >= 11 is 0. The van der Waals surface area contributed by atoms with Gasteiger partial charge in [-0.05, 0) is 63.8 Å². The van der Waals surface area contributed by atoms with Crippen molar-refractivity contribution < 1.29 is 4.79 Å². The van der Waals surface area contributed by atoms with Crippen LogP contribution in [-0.2, 0) is 12.0 Å². The van der Waals surface area contributed by atoms with Crippen LogP contribution in [0.15, 0.2) is 18.2 Å². The molecule has 1 aromatic carbocycles. The van der Waals surface area contributed by atoms with Crippen molar-refractivity contribution in [2.45, 2.75) is 51.6 Å². The molecule has 98 valence electrons. The van der Waals surface area contributed by atoms with Gasteiger partial charge in [0.1, 0.15) is 0 Å². The van der Waals surface area contributed by atoms with Crippen LogP contribution in [0, 0.1) is 0 Å². The molecular formula is C15H22N2O. The predicted molar refractivity (Wildman–Crippen MR) is 73.5 cm³/mol. The molecule has 1 unspecified atom stereocenters. The van der Waals surface area contributed by atoms with Crippen molar-refractivity contribution in [3.8, 4) is 0 Å². The van der Waals surface area contributed by atoms with E-state index in [1.54, 1.807) is 0 Å². The fraction of sp³-hybridized carbons (Fsp3) is 0.533. The number of aryl methyl sites for hydroxylation is 1. The van der Waals surface area contributed by atoms with E-state index in [0.29, 0.717) is 5.56 Å². The van der Waals surface area contributed by atoms with Gasteiger partial charge in [0, 0.05) is 16.6 Å². The highest BCUT2D eigenvalue weighted by atomic mass is 16.1. The standard InChI is InChI=1S/C15H22N2O/c1-14(2,3)17-13(18)11-6-5-10-7-8-15(4,16)12(10)9-11/h5-6,9H,7-8,16H2,1-4H3,(H,17,18). The molecular weight excluding hydrogens is 224 g/mol. The number of nitrogens with two attached hydrogens (primary N) is 1. The summed E-state index contributed by atoms with van der Waals surface area (Å²) in [5.41, 5.74) is 8.82. The van der Waals surface area contributed by atoms with Crippen LogP contribution in [0.5, 0.6) is 0 Å². The van der Waals surface area contributed by atoms with Crippen LogP contribution in [0.25, 0.3) is 0 Å². The maximum absolute atomic E-state index is 12.1. The van der Waals surface area contributed by atoms with Crippen LogP contribution in [0.1, 0.15) is 55.6 Å². The Balaban J connectivity index is 2.30. The van der Waals surface area contributed by atoms with Crippen molar-refractivity contribution >= 4 is 5.91 Å². The number of carbonyl (C=O) groups excluding carboxylic acids is 1. The molecule has 1 aliphatic carbocycles. The number of benzene rings is 1. The Morgan fingerprint density at radius 3 is 2.67 bits per heavy atom. The Morgan fingerprint density at radius 2 is 2.06 bits per heavy atom. The summed E-state index contributed by atoms with van der Waals surface area (Å²) in [6, 6.07) is 5.87. The fourth-order valence-electron chi connectivity index (χ4n) is 2.41. The van der Waals surface area contributed by atoms with E-state index in [1.165, 1.54) is 5.56 Å². The average Bonchev–Trinajstić information content (AvgIpc) is 2.52. The molecule has 0 saturated carbocycles. The number of carbonyl (C=O) groups is 1. The van der Waals surface area contributed by atoms with Crippen molar-refractivity contribution in [2.24, 2.45) is 5.73 Å². The minimum atomic E-state index is -0.298. The molecule has 0 bridgehead atoms. The maximum Gasteiger partial charge on any atom is 0.251 e. The van der Waals surface area contributed by atoms with E-state index in [4.69, 9.17) is 5.73 Å². The molecule has 0 aliphatic heterocycles. The largest absolute Gasteiger partial charge is 0.347 e. The molecule has 3 heteroatoms. The Hall–Kier alpha value is -1.35. The van der Waals surface area contributed by atoms with E-state index >= 15 is 0 Å². The molecule has 2 rings (SSSR count). The second-order valence-electron chi connectivity index (χ2n) is 6.49. The smallest absolute Gasteiger partial charge is 0.251 e. The van der Waals surface area contributed by atoms with Gasteiger partial charge in [0.15, 0.2) is 0 Å². The summed E-state index contributed by atoms with van der Waals surface area (Å²) in [5.74, 6) is -0.0343. The number of amides is 1.